The molecule has 1 aliphatic rings. The molecule has 0 spiro atoms. The maximum Gasteiger partial charge on any atom is 0.254 e. The van der Waals surface area contributed by atoms with Crippen molar-refractivity contribution in [1.29, 1.82) is 0 Å². The van der Waals surface area contributed by atoms with Crippen LogP contribution >= 0.6 is 23.2 Å². The first-order valence-corrected chi connectivity index (χ1v) is 7.57. The largest absolute Gasteiger partial charge is 0.389 e. The monoisotopic (exact) mass is 331 g/mol. The molecular weight excluding hydrogens is 313 g/mol. The summed E-state index contributed by atoms with van der Waals surface area (Å²) < 4.78 is 0. The van der Waals surface area contributed by atoms with E-state index >= 15 is 0 Å². The quantitative estimate of drug-likeness (QED) is 0.860. The first-order valence-electron chi connectivity index (χ1n) is 6.82. The Hall–Kier alpha value is -0.880. The van der Waals surface area contributed by atoms with Crippen LogP contribution < -0.4 is 0 Å². The third kappa shape index (κ3) is 4.81. The Labute approximate surface area is 134 Å². The molecule has 0 saturated carbocycles. The van der Waals surface area contributed by atoms with Gasteiger partial charge in [0.25, 0.3) is 5.91 Å². The molecule has 2 rings (SSSR count). The molecule has 1 aliphatic heterocycles. The molecule has 1 fully saturated rings. The number of nitrogens with zero attached hydrogens (tertiary/aromatic N) is 3. The predicted molar refractivity (Wildman–Crippen MR) is 82.9 cm³/mol. The van der Waals surface area contributed by atoms with Crippen molar-refractivity contribution in [3.05, 3.63) is 28.0 Å². The summed E-state index contributed by atoms with van der Waals surface area (Å²) in [5.74, 6) is -0.0934. The number of piperazine rings is 1. The molecule has 1 saturated heterocycles. The van der Waals surface area contributed by atoms with Crippen molar-refractivity contribution in [3.8, 4) is 0 Å². The Kier molecular flexibility index (Phi) is 5.09. The van der Waals surface area contributed by atoms with Crippen molar-refractivity contribution in [1.82, 2.24) is 14.8 Å². The maximum absolute atomic E-state index is 12.4. The van der Waals surface area contributed by atoms with Crippen LogP contribution in [0.1, 0.15) is 24.2 Å². The van der Waals surface area contributed by atoms with Crippen LogP contribution in [0.5, 0.6) is 0 Å². The molecular formula is C14H19Cl2N3O2. The molecule has 1 aromatic heterocycles. The Bertz CT molecular complexity index is 503. The van der Waals surface area contributed by atoms with Gasteiger partial charge in [-0.25, -0.2) is 4.98 Å². The topological polar surface area (TPSA) is 56.7 Å². The van der Waals surface area contributed by atoms with Crippen LogP contribution in [0, 0.1) is 0 Å². The van der Waals surface area contributed by atoms with Gasteiger partial charge in [0.1, 0.15) is 10.3 Å². The first kappa shape index (κ1) is 16.5. The summed E-state index contributed by atoms with van der Waals surface area (Å²) in [7, 11) is 0. The van der Waals surface area contributed by atoms with Crippen LogP contribution in [0.25, 0.3) is 0 Å². The van der Waals surface area contributed by atoms with E-state index in [2.05, 4.69) is 9.88 Å². The smallest absolute Gasteiger partial charge is 0.254 e. The number of rotatable bonds is 3. The highest BCUT2D eigenvalue weighted by atomic mass is 35.5. The number of aliphatic hydroxyl groups is 1. The molecule has 1 N–H and O–H groups in total. The van der Waals surface area contributed by atoms with Crippen molar-refractivity contribution in [2.75, 3.05) is 32.7 Å². The zero-order valence-corrected chi connectivity index (χ0v) is 13.7. The molecule has 1 aromatic rings. The second kappa shape index (κ2) is 6.48. The number of pyridine rings is 1. The molecule has 7 heteroatoms. The van der Waals surface area contributed by atoms with Gasteiger partial charge in [0, 0.05) is 38.3 Å². The summed E-state index contributed by atoms with van der Waals surface area (Å²) in [5.41, 5.74) is -0.269. The van der Waals surface area contributed by atoms with Gasteiger partial charge in [-0.15, -0.1) is 0 Å². The van der Waals surface area contributed by atoms with Gasteiger partial charge in [-0.1, -0.05) is 23.2 Å². The maximum atomic E-state index is 12.4. The normalized spacial score (nSPS) is 17.1. The lowest BCUT2D eigenvalue weighted by Crippen LogP contribution is -2.52. The molecule has 1 amide bonds. The highest BCUT2D eigenvalue weighted by molar-refractivity contribution is 6.33. The van der Waals surface area contributed by atoms with Gasteiger partial charge < -0.3 is 10.0 Å². The van der Waals surface area contributed by atoms with Crippen molar-refractivity contribution in [2.45, 2.75) is 19.4 Å². The lowest BCUT2D eigenvalue weighted by molar-refractivity contribution is 0.0178. The van der Waals surface area contributed by atoms with Gasteiger partial charge in [-0.3, -0.25) is 9.69 Å². The van der Waals surface area contributed by atoms with E-state index in [0.29, 0.717) is 25.2 Å². The van der Waals surface area contributed by atoms with Crippen molar-refractivity contribution < 1.29 is 9.90 Å². The zero-order chi connectivity index (χ0) is 15.6. The van der Waals surface area contributed by atoms with Gasteiger partial charge in [-0.2, -0.15) is 0 Å². The van der Waals surface area contributed by atoms with Crippen LogP contribution in [0.3, 0.4) is 0 Å². The van der Waals surface area contributed by atoms with E-state index in [1.807, 2.05) is 0 Å². The second-order valence-corrected chi connectivity index (χ2v) is 6.66. The first-order chi connectivity index (χ1) is 9.74. The molecule has 21 heavy (non-hydrogen) atoms. The number of hydrogen-bond donors (Lipinski definition) is 1. The van der Waals surface area contributed by atoms with E-state index in [9.17, 15) is 9.90 Å². The van der Waals surface area contributed by atoms with Gasteiger partial charge in [0.15, 0.2) is 0 Å². The number of β-amino-alcohol motifs (C(OH)–C–C–N with tert-alkyl or cyclic N) is 1. The summed E-state index contributed by atoms with van der Waals surface area (Å²) in [4.78, 5) is 20.2. The number of halogens is 2. The van der Waals surface area contributed by atoms with Crippen LogP contribution in [0.2, 0.25) is 10.3 Å². The molecule has 5 nitrogen and oxygen atoms in total. The predicted octanol–water partition coefficient (Wildman–Crippen LogP) is 1.92. The Balaban J connectivity index is 1.97. The van der Waals surface area contributed by atoms with Gasteiger partial charge >= 0.3 is 0 Å². The van der Waals surface area contributed by atoms with Crippen LogP contribution in [-0.2, 0) is 0 Å². The number of amides is 1. The number of carbonyl (C=O) groups is 1. The summed E-state index contributed by atoms with van der Waals surface area (Å²) in [6, 6.07) is 3.05. The lowest BCUT2D eigenvalue weighted by atomic mass is 10.1. The fourth-order valence-corrected chi connectivity index (χ4v) is 2.89. The van der Waals surface area contributed by atoms with E-state index in [-0.39, 0.29) is 16.2 Å². The third-order valence-electron chi connectivity index (χ3n) is 3.28. The molecule has 0 radical (unpaired) electrons. The second-order valence-electron chi connectivity index (χ2n) is 5.88. The lowest BCUT2D eigenvalue weighted by Gasteiger charge is -2.37. The highest BCUT2D eigenvalue weighted by Crippen LogP contribution is 2.17. The Morgan fingerprint density at radius 3 is 2.24 bits per heavy atom. The van der Waals surface area contributed by atoms with Crippen LogP contribution in [-0.4, -0.2) is 64.1 Å². The van der Waals surface area contributed by atoms with Crippen molar-refractivity contribution >= 4 is 29.1 Å². The van der Waals surface area contributed by atoms with E-state index in [4.69, 9.17) is 23.2 Å². The standard InChI is InChI=1S/C14H19Cl2N3O2/c1-14(2,21)9-18-3-5-19(6-4-18)13(20)10-7-11(15)17-12(16)8-10/h7-8,21H,3-6,9H2,1-2H3. The zero-order valence-electron chi connectivity index (χ0n) is 12.1. The SMILES string of the molecule is CC(C)(O)CN1CCN(C(=O)c2cc(Cl)nc(Cl)c2)CC1. The highest BCUT2D eigenvalue weighted by Gasteiger charge is 2.25. The average Bonchev–Trinajstić information content (AvgIpc) is 2.35. The minimum Gasteiger partial charge on any atom is -0.389 e. The average molecular weight is 332 g/mol. The van der Waals surface area contributed by atoms with E-state index in [0.717, 1.165) is 13.1 Å². The Morgan fingerprint density at radius 2 is 1.76 bits per heavy atom. The third-order valence-corrected chi connectivity index (χ3v) is 3.67. The van der Waals surface area contributed by atoms with Gasteiger partial charge in [0.05, 0.1) is 5.60 Å². The number of aromatic nitrogens is 1. The van der Waals surface area contributed by atoms with E-state index in [1.165, 1.54) is 12.1 Å². The molecule has 0 atom stereocenters. The molecule has 0 aliphatic carbocycles. The molecule has 0 unspecified atom stereocenters. The summed E-state index contributed by atoms with van der Waals surface area (Å²) in [6.45, 7) is 6.88. The number of hydrogen-bond acceptors (Lipinski definition) is 4. The van der Waals surface area contributed by atoms with E-state index in [1.54, 1.807) is 18.7 Å². The Morgan fingerprint density at radius 1 is 1.24 bits per heavy atom. The van der Waals surface area contributed by atoms with E-state index < -0.39 is 5.60 Å². The van der Waals surface area contributed by atoms with Gasteiger partial charge in [-0.05, 0) is 26.0 Å². The summed E-state index contributed by atoms with van der Waals surface area (Å²) >= 11 is 11.7. The summed E-state index contributed by atoms with van der Waals surface area (Å²) in [6.07, 6.45) is 0. The molecule has 0 bridgehead atoms. The van der Waals surface area contributed by atoms with Crippen LogP contribution in [0.4, 0.5) is 0 Å². The minimum absolute atomic E-state index is 0.0934. The molecule has 0 aromatic carbocycles. The molecule has 116 valence electrons. The fraction of sp³-hybridized carbons (Fsp3) is 0.571. The molecule has 2 heterocycles. The van der Waals surface area contributed by atoms with Crippen LogP contribution in [0.15, 0.2) is 12.1 Å². The van der Waals surface area contributed by atoms with Crippen molar-refractivity contribution in [3.63, 3.8) is 0 Å². The van der Waals surface area contributed by atoms with Gasteiger partial charge in [0.2, 0.25) is 0 Å². The number of carbonyl (C=O) groups excluding carboxylic acids is 1. The minimum atomic E-state index is -0.724. The van der Waals surface area contributed by atoms with Crippen molar-refractivity contribution in [2.24, 2.45) is 0 Å². The fourth-order valence-electron chi connectivity index (χ4n) is 2.43. The summed E-state index contributed by atoms with van der Waals surface area (Å²) in [5, 5.41) is 10.3.